The van der Waals surface area contributed by atoms with Gasteiger partial charge in [0.2, 0.25) is 0 Å². The minimum absolute atomic E-state index is 0.0455. The van der Waals surface area contributed by atoms with Gasteiger partial charge in [0.15, 0.2) is 17.7 Å². The van der Waals surface area contributed by atoms with Crippen molar-refractivity contribution < 1.29 is 56.8 Å². The van der Waals surface area contributed by atoms with Crippen LogP contribution in [0.2, 0.25) is 0 Å². The molecule has 2 fully saturated rings. The van der Waals surface area contributed by atoms with E-state index in [0.29, 0.717) is 18.1 Å². The first-order valence-electron chi connectivity index (χ1n) is 8.70. The Labute approximate surface area is 184 Å². The number of aliphatic imine (C=N–C) groups is 3. The lowest BCUT2D eigenvalue weighted by Gasteiger charge is -2.28. The SMILES string of the molecule is O=P(O)(OC[C@H]1O[C@@H](N2CN=C3C2=NC=N[C@]32CN2)[C@H](O)[C@@H]1O)OP(=O)(O)OP(O)(O)=S. The van der Waals surface area contributed by atoms with Crippen molar-refractivity contribution in [2.24, 2.45) is 15.0 Å². The van der Waals surface area contributed by atoms with Crippen molar-refractivity contribution in [1.29, 1.82) is 0 Å². The van der Waals surface area contributed by atoms with Gasteiger partial charge in [0.05, 0.1) is 6.61 Å². The van der Waals surface area contributed by atoms with Crippen LogP contribution in [0.5, 0.6) is 0 Å². The Balaban J connectivity index is 1.37. The fraction of sp³-hybridized carbons (Fsp3) is 0.727. The van der Waals surface area contributed by atoms with Gasteiger partial charge >= 0.3 is 22.4 Å². The highest BCUT2D eigenvalue weighted by Gasteiger charge is 2.56. The molecule has 0 aliphatic carbocycles. The quantitative estimate of drug-likeness (QED) is 0.123. The molecular formula is C11H18N5O12P3S. The third-order valence-corrected chi connectivity index (χ3v) is 9.09. The van der Waals surface area contributed by atoms with Crippen molar-refractivity contribution in [3.8, 4) is 0 Å². The van der Waals surface area contributed by atoms with E-state index in [2.05, 4.69) is 45.2 Å². The minimum atomic E-state index is -5.48. The lowest BCUT2D eigenvalue weighted by atomic mass is 10.1. The van der Waals surface area contributed by atoms with Crippen LogP contribution in [0.4, 0.5) is 0 Å². The van der Waals surface area contributed by atoms with E-state index in [-0.39, 0.29) is 6.67 Å². The smallest absolute Gasteiger partial charge is 0.387 e. The van der Waals surface area contributed by atoms with Crippen LogP contribution in [-0.2, 0) is 38.8 Å². The summed E-state index contributed by atoms with van der Waals surface area (Å²) in [5.41, 5.74) is -0.114. The molecule has 7 atom stereocenters. The summed E-state index contributed by atoms with van der Waals surface area (Å²) < 4.78 is 41.2. The molecule has 0 aromatic carbocycles. The Morgan fingerprint density at radius 2 is 1.91 bits per heavy atom. The van der Waals surface area contributed by atoms with Crippen LogP contribution in [0.3, 0.4) is 0 Å². The van der Waals surface area contributed by atoms with Gasteiger partial charge in [-0.05, 0) is 11.8 Å². The summed E-state index contributed by atoms with van der Waals surface area (Å²) in [5, 5.41) is 23.7. The number of nitrogens with zero attached hydrogens (tertiary/aromatic N) is 4. The number of phosphoric acid groups is 2. The number of fused-ring (bicyclic) bond motifs is 2. The Hall–Kier alpha value is -0.520. The minimum Gasteiger partial charge on any atom is -0.387 e. The zero-order valence-electron chi connectivity index (χ0n) is 15.7. The molecule has 17 nitrogen and oxygen atoms in total. The summed E-state index contributed by atoms with van der Waals surface area (Å²) in [6.07, 6.45) is -4.27. The predicted octanol–water partition coefficient (Wildman–Crippen LogP) is -2.65. The molecule has 0 radical (unpaired) electrons. The number of amidine groups is 1. The zero-order chi connectivity index (χ0) is 23.5. The molecule has 7 N–H and O–H groups in total. The van der Waals surface area contributed by atoms with Gasteiger partial charge in [-0.1, -0.05) is 0 Å². The second kappa shape index (κ2) is 8.30. The molecule has 0 amide bonds. The normalized spacial score (nSPS) is 37.6. The number of phosphoric ester groups is 1. The van der Waals surface area contributed by atoms with Gasteiger partial charge in [-0.15, -0.1) is 0 Å². The van der Waals surface area contributed by atoms with Gasteiger partial charge in [0.25, 0.3) is 0 Å². The maximum Gasteiger partial charge on any atom is 0.488 e. The lowest BCUT2D eigenvalue weighted by molar-refractivity contribution is -0.0680. The molecule has 4 aliphatic heterocycles. The molecule has 180 valence electrons. The molecule has 4 heterocycles. The average molecular weight is 537 g/mol. The predicted molar refractivity (Wildman–Crippen MR) is 108 cm³/mol. The summed E-state index contributed by atoms with van der Waals surface area (Å²) >= 11 is 3.99. The molecule has 2 unspecified atom stereocenters. The summed E-state index contributed by atoms with van der Waals surface area (Å²) in [7, 11) is -10.8. The monoisotopic (exact) mass is 537 g/mol. The van der Waals surface area contributed by atoms with Crippen molar-refractivity contribution in [3.05, 3.63) is 0 Å². The number of aliphatic hydroxyl groups excluding tert-OH is 2. The van der Waals surface area contributed by atoms with Gasteiger partial charge in [0, 0.05) is 6.54 Å². The molecule has 2 saturated heterocycles. The number of nitrogens with one attached hydrogen (secondary N) is 1. The van der Waals surface area contributed by atoms with Gasteiger partial charge in [-0.3, -0.25) is 14.8 Å². The molecular weight excluding hydrogens is 519 g/mol. The topological polar surface area (TPSA) is 255 Å². The van der Waals surface area contributed by atoms with Crippen molar-refractivity contribution >= 4 is 52.1 Å². The third kappa shape index (κ3) is 5.10. The summed E-state index contributed by atoms with van der Waals surface area (Å²) in [6, 6.07) is 0. The Kier molecular flexibility index (Phi) is 6.38. The van der Waals surface area contributed by atoms with Crippen LogP contribution in [0.25, 0.3) is 0 Å². The van der Waals surface area contributed by atoms with E-state index in [4.69, 9.17) is 14.5 Å². The van der Waals surface area contributed by atoms with Crippen LogP contribution in [0, 0.1) is 0 Å². The second-order valence-corrected chi connectivity index (χ2v) is 12.8. The molecule has 0 bridgehead atoms. The van der Waals surface area contributed by atoms with Gasteiger partial charge in [0.1, 0.15) is 37.0 Å². The molecule has 4 rings (SSSR count). The molecule has 0 aromatic rings. The van der Waals surface area contributed by atoms with Crippen LogP contribution in [-0.4, -0.2) is 103 Å². The van der Waals surface area contributed by atoms with Crippen molar-refractivity contribution in [2.75, 3.05) is 19.8 Å². The molecule has 0 aromatic heterocycles. The van der Waals surface area contributed by atoms with Crippen LogP contribution in [0.1, 0.15) is 0 Å². The highest BCUT2D eigenvalue weighted by Crippen LogP contribution is 2.66. The number of aliphatic hydroxyl groups is 2. The Bertz CT molecular complexity index is 1030. The molecule has 32 heavy (non-hydrogen) atoms. The zero-order valence-corrected chi connectivity index (χ0v) is 19.2. The van der Waals surface area contributed by atoms with Crippen LogP contribution in [0.15, 0.2) is 15.0 Å². The van der Waals surface area contributed by atoms with Gasteiger partial charge in [-0.2, -0.15) is 4.31 Å². The van der Waals surface area contributed by atoms with E-state index < -0.39 is 59.2 Å². The van der Waals surface area contributed by atoms with Crippen LogP contribution >= 0.6 is 22.4 Å². The number of rotatable bonds is 8. The van der Waals surface area contributed by atoms with Gasteiger partial charge in [-0.25, -0.2) is 23.4 Å². The van der Waals surface area contributed by atoms with E-state index in [1.165, 1.54) is 11.2 Å². The summed E-state index contributed by atoms with van der Waals surface area (Å²) in [4.78, 5) is 50.8. The molecule has 1 spiro atoms. The van der Waals surface area contributed by atoms with Crippen molar-refractivity contribution in [1.82, 2.24) is 10.2 Å². The fourth-order valence-electron chi connectivity index (χ4n) is 3.25. The van der Waals surface area contributed by atoms with E-state index in [1.807, 2.05) is 0 Å². The maximum atomic E-state index is 11.9. The van der Waals surface area contributed by atoms with E-state index >= 15 is 0 Å². The van der Waals surface area contributed by atoms with Crippen molar-refractivity contribution in [2.45, 2.75) is 30.2 Å². The van der Waals surface area contributed by atoms with E-state index in [9.17, 15) is 29.1 Å². The van der Waals surface area contributed by atoms with Gasteiger partial charge < -0.3 is 39.4 Å². The Morgan fingerprint density at radius 3 is 2.53 bits per heavy atom. The van der Waals surface area contributed by atoms with E-state index in [1.54, 1.807) is 0 Å². The highest BCUT2D eigenvalue weighted by atomic mass is 32.5. The first-order chi connectivity index (χ1) is 14.7. The first kappa shape index (κ1) is 24.6. The largest absolute Gasteiger partial charge is 0.488 e. The number of hydrogen-bond acceptors (Lipinski definition) is 14. The molecule has 21 heteroatoms. The van der Waals surface area contributed by atoms with Crippen molar-refractivity contribution in [3.63, 3.8) is 0 Å². The maximum absolute atomic E-state index is 11.9. The van der Waals surface area contributed by atoms with E-state index in [0.717, 1.165) is 0 Å². The Morgan fingerprint density at radius 1 is 1.22 bits per heavy atom. The number of ether oxygens (including phenoxy) is 1. The fourth-order valence-corrected chi connectivity index (χ4v) is 7.04. The first-order valence-corrected chi connectivity index (χ1v) is 14.3. The number of hydrogen-bond donors (Lipinski definition) is 7. The highest BCUT2D eigenvalue weighted by molar-refractivity contribution is 8.08. The molecule has 0 saturated carbocycles. The molecule has 4 aliphatic rings. The third-order valence-electron chi connectivity index (χ3n) is 4.69. The summed E-state index contributed by atoms with van der Waals surface area (Å²) in [5.74, 6) is 0.376. The second-order valence-electron chi connectivity index (χ2n) is 6.96. The lowest BCUT2D eigenvalue weighted by Crippen LogP contribution is -2.49. The average Bonchev–Trinajstić information content (AvgIpc) is 3.16. The summed E-state index contributed by atoms with van der Waals surface area (Å²) in [6.45, 7) is -4.96. The van der Waals surface area contributed by atoms with Crippen LogP contribution < -0.4 is 5.32 Å². The standard InChI is InChI=1S/C11H18N5O12P3S/c17-6-5(1-25-29(19,20)27-30(21,22)28-31(23,24)32)26-10(7(6)18)16-4-13-8-9(16)12-3-15-11(8)2-14-11/h3,5-7,10,14,17-18H,1-2,4H2,(H,19,20)(H,21,22)(H2,23,24,32)/t5-,6-,7-,10-,11-/m1/s1.